The summed E-state index contributed by atoms with van der Waals surface area (Å²) >= 11 is 1.57. The second kappa shape index (κ2) is 9.01. The molecular weight excluding hydrogens is 386 g/mol. The number of aryl methyl sites for hydroxylation is 1. The highest BCUT2D eigenvalue weighted by molar-refractivity contribution is 7.90. The topological polar surface area (TPSA) is 104 Å². The summed E-state index contributed by atoms with van der Waals surface area (Å²) in [5.41, 5.74) is 2.09. The van der Waals surface area contributed by atoms with Crippen molar-refractivity contribution in [2.75, 3.05) is 7.05 Å². The average Bonchev–Trinajstić information content (AvgIpc) is 3.15. The first-order valence-corrected chi connectivity index (χ1v) is 10.8. The molecule has 1 aromatic heterocycles. The third-order valence-corrected chi connectivity index (χ3v) is 6.22. The van der Waals surface area contributed by atoms with E-state index in [1.54, 1.807) is 30.4 Å². The van der Waals surface area contributed by atoms with Gasteiger partial charge in [-0.15, -0.1) is 0 Å². The highest BCUT2D eigenvalue weighted by atomic mass is 32.2. The minimum atomic E-state index is -4.02. The molecule has 3 amide bonds. The van der Waals surface area contributed by atoms with Crippen LogP contribution in [0.25, 0.3) is 0 Å². The molecule has 0 saturated heterocycles. The Labute approximate surface area is 163 Å². The molecular formula is C18H23N3O4S2. The Morgan fingerprint density at radius 1 is 1.22 bits per heavy atom. The van der Waals surface area contributed by atoms with Crippen molar-refractivity contribution < 1.29 is 18.0 Å². The monoisotopic (exact) mass is 409 g/mol. The molecule has 0 aliphatic carbocycles. The maximum atomic E-state index is 12.4. The fraction of sp³-hybridized carbons (Fsp3) is 0.333. The molecule has 1 heterocycles. The zero-order valence-corrected chi connectivity index (χ0v) is 17.0. The third-order valence-electron chi connectivity index (χ3n) is 4.05. The van der Waals surface area contributed by atoms with Crippen molar-refractivity contribution in [2.24, 2.45) is 0 Å². The summed E-state index contributed by atoms with van der Waals surface area (Å²) in [5, 5.41) is 9.13. The molecule has 1 aromatic carbocycles. The van der Waals surface area contributed by atoms with Gasteiger partial charge in [0.2, 0.25) is 5.91 Å². The number of urea groups is 1. The van der Waals surface area contributed by atoms with E-state index in [-0.39, 0.29) is 23.3 Å². The number of hydrogen-bond acceptors (Lipinski definition) is 5. The lowest BCUT2D eigenvalue weighted by molar-refractivity contribution is -0.121. The highest BCUT2D eigenvalue weighted by Crippen LogP contribution is 2.20. The van der Waals surface area contributed by atoms with Crippen LogP contribution in [-0.2, 0) is 21.2 Å². The Hall–Kier alpha value is -2.39. The third kappa shape index (κ3) is 5.54. The van der Waals surface area contributed by atoms with Gasteiger partial charge in [-0.3, -0.25) is 4.79 Å². The average molecular weight is 410 g/mol. The molecule has 2 rings (SSSR count). The summed E-state index contributed by atoms with van der Waals surface area (Å²) in [5.74, 6) is -0.195. The summed E-state index contributed by atoms with van der Waals surface area (Å²) in [6.07, 6.45) is 0.801. The lowest BCUT2D eigenvalue weighted by Gasteiger charge is -2.16. The van der Waals surface area contributed by atoms with Crippen LogP contribution in [0, 0.1) is 6.92 Å². The second-order valence-electron chi connectivity index (χ2n) is 6.05. The Kier molecular flexibility index (Phi) is 6.98. The standard InChI is InChI=1S/C18H23N3O4S2/c1-4-15(14-7-8-26-11-14)20-17(22)10-13-6-5-12(2)16(9-13)27(24,25)21-18(23)19-3/h5-9,11,15H,4,10H2,1-3H3,(H,20,22)(H2,19,21,23). The van der Waals surface area contributed by atoms with Crippen molar-refractivity contribution in [1.82, 2.24) is 15.4 Å². The van der Waals surface area contributed by atoms with Crippen molar-refractivity contribution in [2.45, 2.75) is 37.6 Å². The quantitative estimate of drug-likeness (QED) is 0.653. The SMILES string of the molecule is CCC(NC(=O)Cc1ccc(C)c(S(=O)(=O)NC(=O)NC)c1)c1ccsc1. The van der Waals surface area contributed by atoms with Crippen LogP contribution in [0.15, 0.2) is 39.9 Å². The molecule has 0 radical (unpaired) electrons. The Morgan fingerprint density at radius 2 is 1.96 bits per heavy atom. The Bertz CT molecular complexity index is 909. The smallest absolute Gasteiger partial charge is 0.328 e. The number of nitrogens with one attached hydrogen (secondary N) is 3. The number of hydrogen-bond donors (Lipinski definition) is 3. The second-order valence-corrected chi connectivity index (χ2v) is 8.48. The molecule has 2 aromatic rings. The van der Waals surface area contributed by atoms with Crippen molar-refractivity contribution in [3.8, 4) is 0 Å². The minimum absolute atomic E-state index is 0.0266. The largest absolute Gasteiger partial charge is 0.349 e. The van der Waals surface area contributed by atoms with Crippen molar-refractivity contribution in [3.05, 3.63) is 51.7 Å². The molecule has 9 heteroatoms. The van der Waals surface area contributed by atoms with Gasteiger partial charge in [0.25, 0.3) is 10.0 Å². The van der Waals surface area contributed by atoms with E-state index in [9.17, 15) is 18.0 Å². The first-order chi connectivity index (χ1) is 12.8. The highest BCUT2D eigenvalue weighted by Gasteiger charge is 2.21. The Balaban J connectivity index is 2.15. The van der Waals surface area contributed by atoms with Gasteiger partial charge in [-0.05, 0) is 52.9 Å². The van der Waals surface area contributed by atoms with Gasteiger partial charge in [-0.25, -0.2) is 17.9 Å². The van der Waals surface area contributed by atoms with Crippen molar-refractivity contribution in [3.63, 3.8) is 0 Å². The molecule has 146 valence electrons. The van der Waals surface area contributed by atoms with E-state index in [4.69, 9.17) is 0 Å². The molecule has 3 N–H and O–H groups in total. The van der Waals surface area contributed by atoms with Crippen LogP contribution in [0.4, 0.5) is 4.79 Å². The molecule has 0 saturated carbocycles. The van der Waals surface area contributed by atoms with Gasteiger partial charge in [-0.1, -0.05) is 19.1 Å². The molecule has 0 aliphatic heterocycles. The first kappa shape index (κ1) is 20.9. The minimum Gasteiger partial charge on any atom is -0.349 e. The number of amides is 3. The number of thiophene rings is 1. The van der Waals surface area contributed by atoms with Crippen LogP contribution in [0.1, 0.15) is 36.1 Å². The summed E-state index contributed by atoms with van der Waals surface area (Å²) in [7, 11) is -2.69. The first-order valence-electron chi connectivity index (χ1n) is 8.42. The van der Waals surface area contributed by atoms with E-state index in [0.29, 0.717) is 11.1 Å². The van der Waals surface area contributed by atoms with Crippen LogP contribution in [0.3, 0.4) is 0 Å². The summed E-state index contributed by atoms with van der Waals surface area (Å²) < 4.78 is 26.7. The van der Waals surface area contributed by atoms with E-state index in [1.807, 2.05) is 28.5 Å². The van der Waals surface area contributed by atoms with E-state index >= 15 is 0 Å². The van der Waals surface area contributed by atoms with Crippen molar-refractivity contribution >= 4 is 33.3 Å². The normalized spacial score (nSPS) is 12.3. The van der Waals surface area contributed by atoms with E-state index in [2.05, 4.69) is 10.6 Å². The van der Waals surface area contributed by atoms with Gasteiger partial charge in [0, 0.05) is 7.05 Å². The predicted molar refractivity (Wildman–Crippen MR) is 105 cm³/mol. The van der Waals surface area contributed by atoms with Gasteiger partial charge >= 0.3 is 6.03 Å². The number of sulfonamides is 1. The molecule has 7 nitrogen and oxygen atoms in total. The van der Waals surface area contributed by atoms with Crippen molar-refractivity contribution in [1.29, 1.82) is 0 Å². The maximum Gasteiger partial charge on any atom is 0.328 e. The van der Waals surface area contributed by atoms with Gasteiger partial charge in [0.15, 0.2) is 0 Å². The lowest BCUT2D eigenvalue weighted by Crippen LogP contribution is -2.37. The van der Waals surface area contributed by atoms with Crippen LogP contribution in [0.5, 0.6) is 0 Å². The van der Waals surface area contributed by atoms with Crippen LogP contribution >= 0.6 is 11.3 Å². The fourth-order valence-corrected chi connectivity index (χ4v) is 4.57. The summed E-state index contributed by atoms with van der Waals surface area (Å²) in [6.45, 7) is 3.62. The van der Waals surface area contributed by atoms with Crippen LogP contribution in [-0.4, -0.2) is 27.4 Å². The predicted octanol–water partition coefficient (Wildman–Crippen LogP) is 2.48. The fourth-order valence-electron chi connectivity index (χ4n) is 2.60. The zero-order valence-electron chi connectivity index (χ0n) is 15.4. The molecule has 0 bridgehead atoms. The van der Waals surface area contributed by atoms with Gasteiger partial charge in [0.05, 0.1) is 17.4 Å². The van der Waals surface area contributed by atoms with Crippen LogP contribution in [0.2, 0.25) is 0 Å². The van der Waals surface area contributed by atoms with Gasteiger partial charge in [-0.2, -0.15) is 11.3 Å². The number of benzene rings is 1. The van der Waals surface area contributed by atoms with Crippen LogP contribution < -0.4 is 15.4 Å². The molecule has 0 aliphatic rings. The van der Waals surface area contributed by atoms with E-state index in [1.165, 1.54) is 13.1 Å². The van der Waals surface area contributed by atoms with Gasteiger partial charge < -0.3 is 10.6 Å². The van der Waals surface area contributed by atoms with E-state index in [0.717, 1.165) is 12.0 Å². The number of carbonyl (C=O) groups is 2. The molecule has 1 atom stereocenters. The molecule has 0 fully saturated rings. The molecule has 27 heavy (non-hydrogen) atoms. The molecule has 1 unspecified atom stereocenters. The zero-order chi connectivity index (χ0) is 20.0. The lowest BCUT2D eigenvalue weighted by atomic mass is 10.1. The van der Waals surface area contributed by atoms with Gasteiger partial charge in [0.1, 0.15) is 0 Å². The number of carbonyl (C=O) groups excluding carboxylic acids is 2. The Morgan fingerprint density at radius 3 is 2.56 bits per heavy atom. The summed E-state index contributed by atoms with van der Waals surface area (Å²) in [6, 6.07) is 5.83. The molecule has 0 spiro atoms. The number of rotatable bonds is 7. The maximum absolute atomic E-state index is 12.4. The van der Waals surface area contributed by atoms with E-state index < -0.39 is 16.1 Å². The summed E-state index contributed by atoms with van der Waals surface area (Å²) in [4.78, 5) is 23.8.